The Hall–Kier alpha value is -1.31. The van der Waals surface area contributed by atoms with Crippen molar-refractivity contribution >= 4 is 5.97 Å². The molecule has 1 unspecified atom stereocenters. The van der Waals surface area contributed by atoms with Gasteiger partial charge in [0.15, 0.2) is 0 Å². The Bertz CT molecular complexity index is 340. The lowest BCUT2D eigenvalue weighted by atomic mass is 9.98. The summed E-state index contributed by atoms with van der Waals surface area (Å²) >= 11 is 0. The van der Waals surface area contributed by atoms with Gasteiger partial charge in [-0.1, -0.05) is 69.6 Å². The van der Waals surface area contributed by atoms with E-state index in [0.29, 0.717) is 6.42 Å². The molecule has 0 amide bonds. The zero-order chi connectivity index (χ0) is 16.5. The fourth-order valence-corrected chi connectivity index (χ4v) is 2.32. The third kappa shape index (κ3) is 13.7. The predicted molar refractivity (Wildman–Crippen MR) is 93.4 cm³/mol. The Labute approximate surface area is 137 Å². The van der Waals surface area contributed by atoms with Crippen LogP contribution in [-0.4, -0.2) is 5.97 Å². The fraction of sp³-hybridized carbons (Fsp3) is 0.650. The van der Waals surface area contributed by atoms with Crippen molar-refractivity contribution < 1.29 is 9.90 Å². The van der Waals surface area contributed by atoms with Gasteiger partial charge in [0.2, 0.25) is 0 Å². The van der Waals surface area contributed by atoms with Crippen LogP contribution in [0.4, 0.5) is 0 Å². The van der Waals surface area contributed by atoms with Crippen LogP contribution in [-0.2, 0) is 4.79 Å². The number of rotatable bonds is 14. The van der Waals surface area contributed by atoms with Crippen LogP contribution in [0.1, 0.15) is 78.1 Å². The Balaban J connectivity index is 3.40. The molecule has 0 aromatic rings. The Morgan fingerprint density at radius 1 is 0.864 bits per heavy atom. The number of carboxylic acid groups (broad SMARTS) is 1. The molecule has 0 aromatic carbocycles. The summed E-state index contributed by atoms with van der Waals surface area (Å²) in [5.74, 6) is -1.14. The normalized spacial score (nSPS) is 13.5. The zero-order valence-corrected chi connectivity index (χ0v) is 14.4. The number of hydrogen-bond acceptors (Lipinski definition) is 2. The second-order valence-corrected chi connectivity index (χ2v) is 5.71. The third-order valence-electron chi connectivity index (χ3n) is 3.78. The van der Waals surface area contributed by atoms with E-state index in [4.69, 9.17) is 0 Å². The fourth-order valence-electron chi connectivity index (χ4n) is 2.32. The molecule has 0 fully saturated rings. The number of carboxylic acids is 1. The molecule has 0 aliphatic heterocycles. The highest BCUT2D eigenvalue weighted by Gasteiger charge is 2.05. The van der Waals surface area contributed by atoms with Crippen molar-refractivity contribution in [2.75, 3.05) is 0 Å². The van der Waals surface area contributed by atoms with Crippen LogP contribution in [0.25, 0.3) is 0 Å². The molecular formula is C20H33O2-. The van der Waals surface area contributed by atoms with Crippen LogP contribution in [0.15, 0.2) is 36.5 Å². The molecule has 0 heterocycles. The molecule has 0 aromatic heterocycles. The Morgan fingerprint density at radius 2 is 1.45 bits per heavy atom. The minimum atomic E-state index is -0.885. The molecule has 22 heavy (non-hydrogen) atoms. The largest absolute Gasteiger partial charge is 0.550 e. The maximum atomic E-state index is 10.8. The molecule has 0 rings (SSSR count). The summed E-state index contributed by atoms with van der Waals surface area (Å²) in [7, 11) is 0. The first kappa shape index (κ1) is 20.7. The van der Waals surface area contributed by atoms with Gasteiger partial charge in [0.25, 0.3) is 0 Å². The standard InChI is InChI=1S/C20H34O2/c1-3-5-6-7-8-9-10-11-12-13-14-15-16-17-18-19(4-2)20(21)22/h5-6,8-9,11-12,19H,3-4,7,10,13-18H2,1-2H3,(H,21,22)/p-1/b6-5+,9-8+,12-11+. The van der Waals surface area contributed by atoms with Crippen molar-refractivity contribution in [1.29, 1.82) is 0 Å². The van der Waals surface area contributed by atoms with E-state index in [-0.39, 0.29) is 5.92 Å². The van der Waals surface area contributed by atoms with Crippen LogP contribution in [0.3, 0.4) is 0 Å². The van der Waals surface area contributed by atoms with E-state index in [9.17, 15) is 9.90 Å². The average Bonchev–Trinajstić information content (AvgIpc) is 2.51. The Morgan fingerprint density at radius 3 is 2.05 bits per heavy atom. The van der Waals surface area contributed by atoms with Crippen LogP contribution in [0.2, 0.25) is 0 Å². The number of allylic oxidation sites excluding steroid dienone is 6. The van der Waals surface area contributed by atoms with E-state index in [2.05, 4.69) is 43.4 Å². The van der Waals surface area contributed by atoms with Gasteiger partial charge in [-0.05, 0) is 50.9 Å². The summed E-state index contributed by atoms with van der Waals surface area (Å²) < 4.78 is 0. The van der Waals surface area contributed by atoms with Gasteiger partial charge in [0.1, 0.15) is 0 Å². The first-order valence-electron chi connectivity index (χ1n) is 8.88. The molecular weight excluding hydrogens is 272 g/mol. The van der Waals surface area contributed by atoms with Crippen molar-refractivity contribution in [3.63, 3.8) is 0 Å². The van der Waals surface area contributed by atoms with Crippen molar-refractivity contribution in [3.8, 4) is 0 Å². The topological polar surface area (TPSA) is 40.1 Å². The molecule has 0 saturated carbocycles. The third-order valence-corrected chi connectivity index (χ3v) is 3.78. The van der Waals surface area contributed by atoms with E-state index in [1.165, 1.54) is 12.8 Å². The summed E-state index contributed by atoms with van der Waals surface area (Å²) in [5, 5.41) is 10.8. The number of aliphatic carboxylic acids is 1. The van der Waals surface area contributed by atoms with Crippen molar-refractivity contribution in [1.82, 2.24) is 0 Å². The number of carbonyl (C=O) groups excluding carboxylic acids is 1. The molecule has 0 aliphatic carbocycles. The van der Waals surface area contributed by atoms with Gasteiger partial charge >= 0.3 is 0 Å². The van der Waals surface area contributed by atoms with E-state index in [1.807, 2.05) is 6.92 Å². The zero-order valence-electron chi connectivity index (χ0n) is 14.4. The van der Waals surface area contributed by atoms with Crippen molar-refractivity contribution in [2.45, 2.75) is 78.1 Å². The van der Waals surface area contributed by atoms with E-state index in [0.717, 1.165) is 44.9 Å². The van der Waals surface area contributed by atoms with Gasteiger partial charge in [-0.3, -0.25) is 0 Å². The quantitative estimate of drug-likeness (QED) is 0.336. The van der Waals surface area contributed by atoms with E-state index < -0.39 is 5.97 Å². The highest BCUT2D eigenvalue weighted by atomic mass is 16.4. The van der Waals surface area contributed by atoms with Gasteiger partial charge in [-0.15, -0.1) is 0 Å². The van der Waals surface area contributed by atoms with Crippen molar-refractivity contribution in [2.24, 2.45) is 5.92 Å². The van der Waals surface area contributed by atoms with Gasteiger partial charge in [0.05, 0.1) is 0 Å². The second-order valence-electron chi connectivity index (χ2n) is 5.71. The molecule has 0 spiro atoms. The molecule has 2 heteroatoms. The minimum Gasteiger partial charge on any atom is -0.550 e. The monoisotopic (exact) mass is 305 g/mol. The van der Waals surface area contributed by atoms with Gasteiger partial charge in [0, 0.05) is 5.97 Å². The first-order valence-corrected chi connectivity index (χ1v) is 8.88. The lowest BCUT2D eigenvalue weighted by molar-refractivity contribution is -0.311. The number of carbonyl (C=O) groups is 1. The van der Waals surface area contributed by atoms with Crippen LogP contribution in [0, 0.1) is 5.92 Å². The lowest BCUT2D eigenvalue weighted by Gasteiger charge is -2.15. The first-order chi connectivity index (χ1) is 10.7. The lowest BCUT2D eigenvalue weighted by Crippen LogP contribution is -2.30. The summed E-state index contributed by atoms with van der Waals surface area (Å²) in [4.78, 5) is 10.8. The smallest absolute Gasteiger partial charge is 0.0445 e. The number of unbranched alkanes of at least 4 members (excludes halogenated alkanes) is 4. The summed E-state index contributed by atoms with van der Waals surface area (Å²) in [5.41, 5.74) is 0. The molecule has 0 N–H and O–H groups in total. The molecule has 0 bridgehead atoms. The average molecular weight is 305 g/mol. The maximum absolute atomic E-state index is 10.8. The molecule has 1 atom stereocenters. The van der Waals surface area contributed by atoms with E-state index >= 15 is 0 Å². The molecule has 126 valence electrons. The molecule has 0 radical (unpaired) electrons. The van der Waals surface area contributed by atoms with Crippen LogP contribution < -0.4 is 5.11 Å². The minimum absolute atomic E-state index is 0.251. The van der Waals surface area contributed by atoms with Gasteiger partial charge in [-0.25, -0.2) is 0 Å². The highest BCUT2D eigenvalue weighted by molar-refractivity contribution is 5.67. The summed E-state index contributed by atoms with van der Waals surface area (Å²) in [6.45, 7) is 4.06. The van der Waals surface area contributed by atoms with E-state index in [1.54, 1.807) is 0 Å². The molecule has 0 aliphatic rings. The SMILES string of the molecule is CC/C=C/C/C=C/C/C=C/CCCCCCC(CC)C(=O)[O-]. The number of hydrogen-bond donors (Lipinski definition) is 0. The van der Waals surface area contributed by atoms with Crippen LogP contribution >= 0.6 is 0 Å². The van der Waals surface area contributed by atoms with Crippen LogP contribution in [0.5, 0.6) is 0 Å². The van der Waals surface area contributed by atoms with Gasteiger partial charge in [-0.2, -0.15) is 0 Å². The Kier molecular flexibility index (Phi) is 15.1. The maximum Gasteiger partial charge on any atom is 0.0445 e. The highest BCUT2D eigenvalue weighted by Crippen LogP contribution is 2.14. The van der Waals surface area contributed by atoms with Gasteiger partial charge < -0.3 is 9.90 Å². The predicted octanol–water partition coefficient (Wildman–Crippen LogP) is 4.96. The molecule has 0 saturated heterocycles. The second kappa shape index (κ2) is 16.1. The summed E-state index contributed by atoms with van der Waals surface area (Å²) in [6.07, 6.45) is 23.5. The molecule has 2 nitrogen and oxygen atoms in total. The summed E-state index contributed by atoms with van der Waals surface area (Å²) in [6, 6.07) is 0. The van der Waals surface area contributed by atoms with Crippen molar-refractivity contribution in [3.05, 3.63) is 36.5 Å².